The highest BCUT2D eigenvalue weighted by molar-refractivity contribution is 6.35. The number of carbonyl (C=O) groups is 2. The van der Waals surface area contributed by atoms with Crippen LogP contribution in [-0.4, -0.2) is 44.0 Å². The van der Waals surface area contributed by atoms with Crippen LogP contribution in [0.25, 0.3) is 0 Å². The number of methoxy groups -OCH3 is 2. The Hall–Kier alpha value is -4.20. The fourth-order valence-corrected chi connectivity index (χ4v) is 3.64. The van der Waals surface area contributed by atoms with Crippen LogP contribution in [0.15, 0.2) is 66.7 Å². The molecule has 4 rings (SSSR count). The lowest BCUT2D eigenvalue weighted by atomic mass is 10.1. The van der Waals surface area contributed by atoms with Crippen molar-refractivity contribution in [3.05, 3.63) is 83.4 Å². The molecule has 1 saturated heterocycles. The minimum Gasteiger partial charge on any atom is -0.497 e. The number of amides is 2. The van der Waals surface area contributed by atoms with Gasteiger partial charge in [0.1, 0.15) is 24.7 Å². The molecule has 0 spiro atoms. The number of carbonyl (C=O) groups excluding carboxylic acids is 2. The first-order chi connectivity index (χ1) is 17.1. The van der Waals surface area contributed by atoms with E-state index < -0.39 is 11.8 Å². The molecule has 1 N–H and O–H groups in total. The van der Waals surface area contributed by atoms with Crippen LogP contribution in [0.3, 0.4) is 0 Å². The highest BCUT2D eigenvalue weighted by Gasteiger charge is 2.26. The molecule has 8 nitrogen and oxygen atoms in total. The van der Waals surface area contributed by atoms with E-state index in [2.05, 4.69) is 5.32 Å². The quantitative estimate of drug-likeness (QED) is 0.452. The smallest absolute Gasteiger partial charge is 0.312 e. The highest BCUT2D eigenvalue weighted by Crippen LogP contribution is 2.31. The number of piperazine rings is 1. The van der Waals surface area contributed by atoms with Crippen LogP contribution >= 0.6 is 0 Å². The fraction of sp³-hybridized carbons (Fsp3) is 0.259. The van der Waals surface area contributed by atoms with Gasteiger partial charge in [-0.05, 0) is 53.1 Å². The molecule has 2 amide bonds. The van der Waals surface area contributed by atoms with Gasteiger partial charge in [0.25, 0.3) is 0 Å². The Kier molecular flexibility index (Phi) is 7.72. The second-order valence-corrected chi connectivity index (χ2v) is 8.04. The molecule has 0 saturated carbocycles. The van der Waals surface area contributed by atoms with Gasteiger partial charge in [0.15, 0.2) is 11.5 Å². The maximum absolute atomic E-state index is 12.2. The molecule has 182 valence electrons. The van der Waals surface area contributed by atoms with Gasteiger partial charge in [0, 0.05) is 19.6 Å². The van der Waals surface area contributed by atoms with Gasteiger partial charge in [0.2, 0.25) is 0 Å². The van der Waals surface area contributed by atoms with Crippen molar-refractivity contribution in [1.82, 2.24) is 10.2 Å². The number of benzene rings is 3. The second-order valence-electron chi connectivity index (χ2n) is 8.04. The Morgan fingerprint density at radius 1 is 0.743 bits per heavy atom. The van der Waals surface area contributed by atoms with Gasteiger partial charge < -0.3 is 29.2 Å². The molecule has 8 heteroatoms. The SMILES string of the molecule is COc1ccc(COc2ccc(CN3CCNC(=O)C3=O)cc2OCc2ccc(OC)cc2)cc1. The van der Waals surface area contributed by atoms with Crippen LogP contribution < -0.4 is 24.3 Å². The number of hydrogen-bond acceptors (Lipinski definition) is 6. The summed E-state index contributed by atoms with van der Waals surface area (Å²) in [5.41, 5.74) is 2.80. The first-order valence-electron chi connectivity index (χ1n) is 11.3. The van der Waals surface area contributed by atoms with Crippen LogP contribution in [0.4, 0.5) is 0 Å². The summed E-state index contributed by atoms with van der Waals surface area (Å²) in [4.78, 5) is 25.4. The molecule has 0 bridgehead atoms. The van der Waals surface area contributed by atoms with E-state index >= 15 is 0 Å². The van der Waals surface area contributed by atoms with Crippen molar-refractivity contribution in [2.24, 2.45) is 0 Å². The van der Waals surface area contributed by atoms with Crippen LogP contribution in [0, 0.1) is 0 Å². The molecule has 0 atom stereocenters. The van der Waals surface area contributed by atoms with Crippen molar-refractivity contribution in [1.29, 1.82) is 0 Å². The number of rotatable bonds is 10. The van der Waals surface area contributed by atoms with Gasteiger partial charge in [-0.15, -0.1) is 0 Å². The molecule has 3 aromatic carbocycles. The fourth-order valence-electron chi connectivity index (χ4n) is 3.64. The Morgan fingerprint density at radius 2 is 1.29 bits per heavy atom. The lowest BCUT2D eigenvalue weighted by Gasteiger charge is -2.26. The zero-order valence-corrected chi connectivity index (χ0v) is 19.8. The molecule has 3 aromatic rings. The van der Waals surface area contributed by atoms with E-state index in [9.17, 15) is 9.59 Å². The topological polar surface area (TPSA) is 86.3 Å². The molecule has 0 unspecified atom stereocenters. The molecule has 0 radical (unpaired) electrons. The summed E-state index contributed by atoms with van der Waals surface area (Å²) in [6.07, 6.45) is 0. The molecule has 0 aromatic heterocycles. The van der Waals surface area contributed by atoms with E-state index in [1.165, 1.54) is 4.90 Å². The zero-order chi connectivity index (χ0) is 24.6. The summed E-state index contributed by atoms with van der Waals surface area (Å²) >= 11 is 0. The van der Waals surface area contributed by atoms with Crippen LogP contribution in [0.1, 0.15) is 16.7 Å². The van der Waals surface area contributed by atoms with Gasteiger partial charge in [-0.2, -0.15) is 0 Å². The molecule has 1 fully saturated rings. The van der Waals surface area contributed by atoms with Crippen molar-refractivity contribution in [3.63, 3.8) is 0 Å². The molecular formula is C27H28N2O6. The molecular weight excluding hydrogens is 448 g/mol. The average Bonchev–Trinajstić information content (AvgIpc) is 2.90. The summed E-state index contributed by atoms with van der Waals surface area (Å²) < 4.78 is 22.6. The van der Waals surface area contributed by atoms with Crippen molar-refractivity contribution < 1.29 is 28.5 Å². The van der Waals surface area contributed by atoms with E-state index in [0.29, 0.717) is 44.3 Å². The van der Waals surface area contributed by atoms with E-state index in [4.69, 9.17) is 18.9 Å². The lowest BCUT2D eigenvalue weighted by Crippen LogP contribution is -2.51. The predicted molar refractivity (Wildman–Crippen MR) is 130 cm³/mol. The first-order valence-corrected chi connectivity index (χ1v) is 11.3. The largest absolute Gasteiger partial charge is 0.497 e. The monoisotopic (exact) mass is 476 g/mol. The summed E-state index contributed by atoms with van der Waals surface area (Å²) in [5.74, 6) is 1.59. The second kappa shape index (κ2) is 11.3. The van der Waals surface area contributed by atoms with E-state index in [0.717, 1.165) is 28.2 Å². The van der Waals surface area contributed by atoms with Crippen molar-refractivity contribution in [3.8, 4) is 23.0 Å². The number of hydrogen-bond donors (Lipinski definition) is 1. The summed E-state index contributed by atoms with van der Waals surface area (Å²) in [6.45, 7) is 1.89. The maximum Gasteiger partial charge on any atom is 0.312 e. The summed E-state index contributed by atoms with van der Waals surface area (Å²) in [5, 5.41) is 2.56. The number of nitrogens with zero attached hydrogens (tertiary/aromatic N) is 1. The first kappa shape index (κ1) is 23.9. The maximum atomic E-state index is 12.2. The highest BCUT2D eigenvalue weighted by atomic mass is 16.5. The van der Waals surface area contributed by atoms with E-state index in [1.54, 1.807) is 14.2 Å². The normalized spacial score (nSPS) is 13.3. The number of ether oxygens (including phenoxy) is 4. The van der Waals surface area contributed by atoms with Crippen molar-refractivity contribution >= 4 is 11.8 Å². The van der Waals surface area contributed by atoms with E-state index in [-0.39, 0.29) is 0 Å². The van der Waals surface area contributed by atoms with Gasteiger partial charge in [-0.1, -0.05) is 30.3 Å². The Morgan fingerprint density at radius 3 is 1.86 bits per heavy atom. The average molecular weight is 477 g/mol. The lowest BCUT2D eigenvalue weighted by molar-refractivity contribution is -0.148. The Bertz CT molecular complexity index is 1160. The third kappa shape index (κ3) is 6.23. The van der Waals surface area contributed by atoms with Crippen LogP contribution in [-0.2, 0) is 29.3 Å². The minimum absolute atomic E-state index is 0.309. The molecule has 1 heterocycles. The molecule has 0 aliphatic carbocycles. The van der Waals surface area contributed by atoms with Gasteiger partial charge >= 0.3 is 11.8 Å². The third-order valence-electron chi connectivity index (χ3n) is 5.64. The predicted octanol–water partition coefficient (Wildman–Crippen LogP) is 3.32. The third-order valence-corrected chi connectivity index (χ3v) is 5.64. The summed E-state index contributed by atoms with van der Waals surface area (Å²) in [6, 6.07) is 20.8. The molecule has 1 aliphatic rings. The van der Waals surface area contributed by atoms with Crippen LogP contribution in [0.2, 0.25) is 0 Å². The van der Waals surface area contributed by atoms with Gasteiger partial charge in [-0.3, -0.25) is 9.59 Å². The van der Waals surface area contributed by atoms with Gasteiger partial charge in [0.05, 0.1) is 14.2 Å². The van der Waals surface area contributed by atoms with E-state index in [1.807, 2.05) is 66.7 Å². The van der Waals surface area contributed by atoms with Crippen LogP contribution in [0.5, 0.6) is 23.0 Å². The zero-order valence-electron chi connectivity index (χ0n) is 19.8. The van der Waals surface area contributed by atoms with Crippen molar-refractivity contribution in [2.75, 3.05) is 27.3 Å². The summed E-state index contributed by atoms with van der Waals surface area (Å²) in [7, 11) is 3.25. The Labute approximate surface area is 204 Å². The van der Waals surface area contributed by atoms with Gasteiger partial charge in [-0.25, -0.2) is 0 Å². The number of nitrogens with one attached hydrogen (secondary N) is 1. The standard InChI is InChI=1S/C27H28N2O6/c1-32-22-8-3-19(4-9-22)17-34-24-12-7-21(16-29-14-13-28-26(30)27(29)31)15-25(24)35-18-20-5-10-23(33-2)11-6-20/h3-12,15H,13-14,16-18H2,1-2H3,(H,28,30). The van der Waals surface area contributed by atoms with Crippen molar-refractivity contribution in [2.45, 2.75) is 19.8 Å². The minimum atomic E-state index is -0.577. The molecule has 1 aliphatic heterocycles. The Balaban J connectivity index is 1.50. The molecule has 35 heavy (non-hydrogen) atoms.